The van der Waals surface area contributed by atoms with E-state index in [0.717, 1.165) is 0 Å². The number of benzene rings is 1. The van der Waals surface area contributed by atoms with Crippen LogP contribution in [0.15, 0.2) is 23.4 Å². The lowest BCUT2D eigenvalue weighted by atomic mass is 9.95. The van der Waals surface area contributed by atoms with Gasteiger partial charge in [-0.3, -0.25) is 9.69 Å². The summed E-state index contributed by atoms with van der Waals surface area (Å²) in [6.45, 7) is 4.59. The molecule has 2 heterocycles. The molecule has 0 aliphatic carbocycles. The third-order valence-corrected chi connectivity index (χ3v) is 4.37. The van der Waals surface area contributed by atoms with Crippen LogP contribution in [0, 0.1) is 23.4 Å². The SMILES string of the molecule is CC(C)CN1CC2=C(C1=O)C(c1cc(F)c(F)cc1F)NC(=O)N2C. The van der Waals surface area contributed by atoms with Gasteiger partial charge in [0.05, 0.1) is 23.9 Å². The Morgan fingerprint density at radius 1 is 1.16 bits per heavy atom. The van der Waals surface area contributed by atoms with Gasteiger partial charge in [-0.25, -0.2) is 18.0 Å². The fraction of sp³-hybridized carbons (Fsp3) is 0.412. The molecule has 8 heteroatoms. The molecule has 3 amide bonds. The van der Waals surface area contributed by atoms with Gasteiger partial charge in [0, 0.05) is 25.2 Å². The van der Waals surface area contributed by atoms with Gasteiger partial charge in [-0.1, -0.05) is 13.8 Å². The molecule has 0 fully saturated rings. The molecule has 25 heavy (non-hydrogen) atoms. The lowest BCUT2D eigenvalue weighted by Gasteiger charge is -2.31. The number of carbonyl (C=O) groups excluding carboxylic acids is 2. The molecule has 5 nitrogen and oxygen atoms in total. The van der Waals surface area contributed by atoms with E-state index in [-0.39, 0.29) is 29.5 Å². The minimum absolute atomic E-state index is 0.188. The number of hydrogen-bond donors (Lipinski definition) is 1. The maximum Gasteiger partial charge on any atom is 0.322 e. The van der Waals surface area contributed by atoms with Crippen LogP contribution in [0.4, 0.5) is 18.0 Å². The van der Waals surface area contributed by atoms with Gasteiger partial charge in [0.25, 0.3) is 5.91 Å². The van der Waals surface area contributed by atoms with E-state index in [1.807, 2.05) is 13.8 Å². The number of rotatable bonds is 3. The fourth-order valence-electron chi connectivity index (χ4n) is 3.20. The summed E-state index contributed by atoms with van der Waals surface area (Å²) >= 11 is 0. The molecule has 2 aliphatic heterocycles. The zero-order valence-corrected chi connectivity index (χ0v) is 14.1. The number of hydrogen-bond acceptors (Lipinski definition) is 2. The molecule has 1 unspecified atom stereocenters. The van der Waals surface area contributed by atoms with Crippen LogP contribution in [0.2, 0.25) is 0 Å². The molecule has 1 aromatic carbocycles. The second-order valence-electron chi connectivity index (χ2n) is 6.67. The summed E-state index contributed by atoms with van der Waals surface area (Å²) in [5.41, 5.74) is 0.365. The van der Waals surface area contributed by atoms with Crippen molar-refractivity contribution in [3.8, 4) is 0 Å². The Bertz CT molecular complexity index is 792. The first-order chi connectivity index (χ1) is 11.7. The molecule has 0 saturated heterocycles. The molecule has 0 bridgehead atoms. The van der Waals surface area contributed by atoms with Gasteiger partial charge in [0.15, 0.2) is 11.6 Å². The maximum atomic E-state index is 14.2. The van der Waals surface area contributed by atoms with Crippen LogP contribution in [0.5, 0.6) is 0 Å². The standard InChI is InChI=1S/C17H18F3N3O2/c1-8(2)6-23-7-13-14(16(23)24)15(21-17(25)22(13)3)9-4-11(19)12(20)5-10(9)18/h4-5,8,15H,6-7H2,1-3H3,(H,21,25). The van der Waals surface area contributed by atoms with Crippen LogP contribution in [-0.2, 0) is 4.79 Å². The van der Waals surface area contributed by atoms with Crippen LogP contribution in [0.25, 0.3) is 0 Å². The highest BCUT2D eigenvalue weighted by molar-refractivity contribution is 6.01. The Morgan fingerprint density at radius 2 is 1.80 bits per heavy atom. The van der Waals surface area contributed by atoms with Gasteiger partial charge in [0.2, 0.25) is 0 Å². The summed E-state index contributed by atoms with van der Waals surface area (Å²) in [6.07, 6.45) is 0. The Hall–Kier alpha value is -2.51. The minimum atomic E-state index is -1.33. The molecule has 134 valence electrons. The van der Waals surface area contributed by atoms with E-state index < -0.39 is 29.5 Å². The van der Waals surface area contributed by atoms with Crippen LogP contribution >= 0.6 is 0 Å². The van der Waals surface area contributed by atoms with Gasteiger partial charge in [-0.15, -0.1) is 0 Å². The molecule has 1 atom stereocenters. The zero-order valence-electron chi connectivity index (χ0n) is 14.1. The molecule has 1 N–H and O–H groups in total. The van der Waals surface area contributed by atoms with Gasteiger partial charge < -0.3 is 10.2 Å². The second kappa shape index (κ2) is 6.09. The first kappa shape index (κ1) is 17.3. The van der Waals surface area contributed by atoms with Gasteiger partial charge in [-0.05, 0) is 12.0 Å². The number of carbonyl (C=O) groups is 2. The minimum Gasteiger partial charge on any atom is -0.333 e. The van der Waals surface area contributed by atoms with Crippen molar-refractivity contribution in [2.24, 2.45) is 5.92 Å². The first-order valence-corrected chi connectivity index (χ1v) is 7.91. The van der Waals surface area contributed by atoms with E-state index >= 15 is 0 Å². The summed E-state index contributed by atoms with van der Waals surface area (Å²) in [4.78, 5) is 27.8. The summed E-state index contributed by atoms with van der Waals surface area (Å²) in [6, 6.07) is -0.587. The molecular weight excluding hydrogens is 335 g/mol. The summed E-state index contributed by atoms with van der Waals surface area (Å²) in [5, 5.41) is 2.50. The maximum absolute atomic E-state index is 14.2. The number of likely N-dealkylation sites (N-methyl/N-ethyl adjacent to an activating group) is 1. The average Bonchev–Trinajstić information content (AvgIpc) is 2.84. The van der Waals surface area contributed by atoms with E-state index in [1.54, 1.807) is 4.90 Å². The van der Waals surface area contributed by atoms with Crippen molar-refractivity contribution in [2.45, 2.75) is 19.9 Å². The van der Waals surface area contributed by atoms with Crippen molar-refractivity contribution in [3.05, 3.63) is 46.4 Å². The van der Waals surface area contributed by atoms with Gasteiger partial charge >= 0.3 is 6.03 Å². The predicted octanol–water partition coefficient (Wildman–Crippen LogP) is 2.55. The molecule has 0 spiro atoms. The molecule has 3 rings (SSSR count). The Kier molecular flexibility index (Phi) is 4.22. The van der Waals surface area contributed by atoms with E-state index in [2.05, 4.69) is 5.32 Å². The number of halogens is 3. The number of nitrogens with zero attached hydrogens (tertiary/aromatic N) is 2. The fourth-order valence-corrected chi connectivity index (χ4v) is 3.20. The number of urea groups is 1. The van der Waals surface area contributed by atoms with Crippen LogP contribution in [0.1, 0.15) is 25.5 Å². The lowest BCUT2D eigenvalue weighted by Crippen LogP contribution is -2.45. The van der Waals surface area contributed by atoms with Gasteiger partial charge in [0.1, 0.15) is 5.82 Å². The normalized spacial score (nSPS) is 20.5. The predicted molar refractivity (Wildman–Crippen MR) is 83.8 cm³/mol. The second-order valence-corrected chi connectivity index (χ2v) is 6.67. The van der Waals surface area contributed by atoms with E-state index in [1.165, 1.54) is 11.9 Å². The largest absolute Gasteiger partial charge is 0.333 e. The van der Waals surface area contributed by atoms with Crippen molar-refractivity contribution in [2.75, 3.05) is 20.1 Å². The molecule has 1 aromatic rings. The smallest absolute Gasteiger partial charge is 0.322 e. The van der Waals surface area contributed by atoms with Gasteiger partial charge in [-0.2, -0.15) is 0 Å². The summed E-state index contributed by atoms with van der Waals surface area (Å²) < 4.78 is 41.0. The molecular formula is C17H18F3N3O2. The van der Waals surface area contributed by atoms with Crippen LogP contribution in [-0.4, -0.2) is 41.9 Å². The van der Waals surface area contributed by atoms with E-state index in [0.29, 0.717) is 24.4 Å². The molecule has 2 aliphatic rings. The highest BCUT2D eigenvalue weighted by Gasteiger charge is 2.43. The first-order valence-electron chi connectivity index (χ1n) is 7.91. The van der Waals surface area contributed by atoms with Crippen LogP contribution in [0.3, 0.4) is 0 Å². The quantitative estimate of drug-likeness (QED) is 0.849. The third kappa shape index (κ3) is 2.85. The Morgan fingerprint density at radius 3 is 2.44 bits per heavy atom. The summed E-state index contributed by atoms with van der Waals surface area (Å²) in [5.74, 6) is -3.72. The molecule has 0 saturated carbocycles. The number of amides is 3. The topological polar surface area (TPSA) is 52.7 Å². The lowest BCUT2D eigenvalue weighted by molar-refractivity contribution is -0.126. The van der Waals surface area contributed by atoms with Crippen molar-refractivity contribution in [3.63, 3.8) is 0 Å². The highest BCUT2D eigenvalue weighted by Crippen LogP contribution is 2.37. The Balaban J connectivity index is 2.07. The summed E-state index contributed by atoms with van der Waals surface area (Å²) in [7, 11) is 1.51. The Labute approximate surface area is 143 Å². The third-order valence-electron chi connectivity index (χ3n) is 4.37. The zero-order chi connectivity index (χ0) is 18.5. The molecule has 0 aromatic heterocycles. The monoisotopic (exact) mass is 353 g/mol. The molecule has 0 radical (unpaired) electrons. The highest BCUT2D eigenvalue weighted by atomic mass is 19.2. The number of nitrogens with one attached hydrogen (secondary N) is 1. The van der Waals surface area contributed by atoms with E-state index in [9.17, 15) is 22.8 Å². The van der Waals surface area contributed by atoms with E-state index in [4.69, 9.17) is 0 Å². The van der Waals surface area contributed by atoms with Crippen molar-refractivity contribution in [1.29, 1.82) is 0 Å². The van der Waals surface area contributed by atoms with Crippen molar-refractivity contribution >= 4 is 11.9 Å². The van der Waals surface area contributed by atoms with Crippen LogP contribution < -0.4 is 5.32 Å². The average molecular weight is 353 g/mol. The van der Waals surface area contributed by atoms with Crippen molar-refractivity contribution in [1.82, 2.24) is 15.1 Å². The van der Waals surface area contributed by atoms with Crippen molar-refractivity contribution < 1.29 is 22.8 Å².